The van der Waals surface area contributed by atoms with Crippen molar-refractivity contribution in [2.75, 3.05) is 11.9 Å². The Balaban J connectivity index is 1.67. The van der Waals surface area contributed by atoms with E-state index in [1.165, 1.54) is 6.07 Å². The van der Waals surface area contributed by atoms with E-state index in [-0.39, 0.29) is 18.9 Å². The minimum atomic E-state index is -1.22. The first-order valence-electron chi connectivity index (χ1n) is 9.31. The number of para-hydroxylation sites is 1. The lowest BCUT2D eigenvalue weighted by Crippen LogP contribution is -2.35. The Hall–Kier alpha value is -2.86. The molecule has 1 atom stereocenters. The predicted molar refractivity (Wildman–Crippen MR) is 111 cm³/mol. The molecule has 0 saturated heterocycles. The summed E-state index contributed by atoms with van der Waals surface area (Å²) in [7, 11) is 0. The normalized spacial score (nSPS) is 13.1. The summed E-state index contributed by atoms with van der Waals surface area (Å²) >= 11 is 0. The van der Waals surface area contributed by atoms with Crippen LogP contribution in [0.1, 0.15) is 23.1 Å². The first-order valence-corrected chi connectivity index (χ1v) is 9.31. The zero-order valence-electron chi connectivity index (χ0n) is 15.7. The molecule has 0 aromatic heterocycles. The molecule has 0 heterocycles. The lowest BCUT2D eigenvalue weighted by atomic mass is 9.86. The summed E-state index contributed by atoms with van der Waals surface area (Å²) in [5.74, 6) is 0.00660. The van der Waals surface area contributed by atoms with E-state index >= 15 is 0 Å². The maximum absolute atomic E-state index is 11.0. The largest absolute Gasteiger partial charge is 0.508 e. The van der Waals surface area contributed by atoms with Crippen LogP contribution >= 0.6 is 0 Å². The van der Waals surface area contributed by atoms with E-state index in [9.17, 15) is 15.3 Å². The highest BCUT2D eigenvalue weighted by atomic mass is 16.3. The Kier molecular flexibility index (Phi) is 6.31. The van der Waals surface area contributed by atoms with E-state index in [0.717, 1.165) is 16.9 Å². The van der Waals surface area contributed by atoms with Crippen LogP contribution in [0.5, 0.6) is 5.75 Å². The van der Waals surface area contributed by atoms with Crippen LogP contribution in [-0.4, -0.2) is 21.9 Å². The maximum atomic E-state index is 11.0. The van der Waals surface area contributed by atoms with Gasteiger partial charge in [0.05, 0.1) is 6.61 Å². The molecule has 1 unspecified atom stereocenters. The molecule has 0 aliphatic carbocycles. The smallest absolute Gasteiger partial charge is 0.121 e. The van der Waals surface area contributed by atoms with Crippen LogP contribution in [0.3, 0.4) is 0 Å². The Morgan fingerprint density at radius 3 is 2.21 bits per heavy atom. The highest BCUT2D eigenvalue weighted by Crippen LogP contribution is 2.30. The van der Waals surface area contributed by atoms with Gasteiger partial charge in [-0.1, -0.05) is 36.4 Å². The molecule has 5 nitrogen and oxygen atoms in total. The molecule has 6 N–H and O–H groups in total. The predicted octanol–water partition coefficient (Wildman–Crippen LogP) is 3.41. The first-order chi connectivity index (χ1) is 13.5. The van der Waals surface area contributed by atoms with Crippen molar-refractivity contribution < 1.29 is 15.3 Å². The second-order valence-corrected chi connectivity index (χ2v) is 6.93. The van der Waals surface area contributed by atoms with Crippen LogP contribution < -0.4 is 11.1 Å². The number of rotatable bonds is 8. The quantitative estimate of drug-likeness (QED) is 0.414. The monoisotopic (exact) mass is 378 g/mol. The molecule has 0 radical (unpaired) electrons. The summed E-state index contributed by atoms with van der Waals surface area (Å²) in [6.45, 7) is -0.244. The molecule has 0 saturated carbocycles. The SMILES string of the molecule is NCC(O)(CCc1ccc(Nc2ccccc2)cc1)c1ccc(O)c(CO)c1. The van der Waals surface area contributed by atoms with E-state index in [2.05, 4.69) is 5.32 Å². The number of aliphatic hydroxyl groups excluding tert-OH is 1. The van der Waals surface area contributed by atoms with Gasteiger partial charge in [-0.2, -0.15) is 0 Å². The topological polar surface area (TPSA) is 98.7 Å². The summed E-state index contributed by atoms with van der Waals surface area (Å²) in [5, 5.41) is 33.4. The van der Waals surface area contributed by atoms with Gasteiger partial charge in [0.25, 0.3) is 0 Å². The van der Waals surface area contributed by atoms with Crippen LogP contribution in [0.4, 0.5) is 11.4 Å². The minimum Gasteiger partial charge on any atom is -0.508 e. The van der Waals surface area contributed by atoms with Gasteiger partial charge in [-0.25, -0.2) is 0 Å². The maximum Gasteiger partial charge on any atom is 0.121 e. The minimum absolute atomic E-state index is 0.00660. The van der Waals surface area contributed by atoms with Crippen molar-refractivity contribution in [2.45, 2.75) is 25.0 Å². The fourth-order valence-electron chi connectivity index (χ4n) is 3.16. The van der Waals surface area contributed by atoms with Gasteiger partial charge in [0.1, 0.15) is 11.4 Å². The third kappa shape index (κ3) is 4.70. The molecule has 146 valence electrons. The van der Waals surface area contributed by atoms with Gasteiger partial charge >= 0.3 is 0 Å². The molecular formula is C23H26N2O3. The third-order valence-electron chi connectivity index (χ3n) is 4.97. The van der Waals surface area contributed by atoms with E-state index < -0.39 is 5.60 Å². The summed E-state index contributed by atoms with van der Waals surface area (Å²) < 4.78 is 0. The summed E-state index contributed by atoms with van der Waals surface area (Å²) in [5.41, 5.74) is 8.72. The molecule has 3 aromatic carbocycles. The van der Waals surface area contributed by atoms with Crippen molar-refractivity contribution in [1.82, 2.24) is 0 Å². The van der Waals surface area contributed by atoms with Gasteiger partial charge in [-0.15, -0.1) is 0 Å². The average Bonchev–Trinajstić information content (AvgIpc) is 2.74. The molecule has 5 heteroatoms. The van der Waals surface area contributed by atoms with Gasteiger partial charge in [0.15, 0.2) is 0 Å². The zero-order valence-corrected chi connectivity index (χ0v) is 15.7. The molecule has 28 heavy (non-hydrogen) atoms. The molecule has 0 aliphatic heterocycles. The fraction of sp³-hybridized carbons (Fsp3) is 0.217. The van der Waals surface area contributed by atoms with Crippen LogP contribution in [0, 0.1) is 0 Å². The van der Waals surface area contributed by atoms with Crippen LogP contribution in [0.2, 0.25) is 0 Å². The van der Waals surface area contributed by atoms with Gasteiger partial charge < -0.3 is 26.4 Å². The number of nitrogens with one attached hydrogen (secondary N) is 1. The number of nitrogens with two attached hydrogens (primary N) is 1. The van der Waals surface area contributed by atoms with Crippen molar-refractivity contribution in [3.8, 4) is 5.75 Å². The number of aromatic hydroxyl groups is 1. The number of hydrogen-bond donors (Lipinski definition) is 5. The van der Waals surface area contributed by atoms with E-state index in [4.69, 9.17) is 5.73 Å². The highest BCUT2D eigenvalue weighted by molar-refractivity contribution is 5.59. The number of anilines is 2. The molecule has 0 aliphatic rings. The number of phenols is 1. The van der Waals surface area contributed by atoms with Crippen molar-refractivity contribution in [1.29, 1.82) is 0 Å². The standard InChI is InChI=1S/C23H26N2O3/c24-16-23(28,19-8-11-22(27)18(14-19)15-26)13-12-17-6-9-21(10-7-17)25-20-4-2-1-3-5-20/h1-11,14,25-28H,12-13,15-16,24H2. The summed E-state index contributed by atoms with van der Waals surface area (Å²) in [6, 6.07) is 22.8. The molecular weight excluding hydrogens is 352 g/mol. The van der Waals surface area contributed by atoms with Crippen molar-refractivity contribution in [2.24, 2.45) is 5.73 Å². The van der Waals surface area contributed by atoms with Crippen LogP contribution in [0.25, 0.3) is 0 Å². The molecule has 0 amide bonds. The molecule has 3 aromatic rings. The van der Waals surface area contributed by atoms with Gasteiger partial charge in [0, 0.05) is 23.5 Å². The Bertz CT molecular complexity index is 897. The molecule has 0 fully saturated rings. The number of aryl methyl sites for hydroxylation is 1. The van der Waals surface area contributed by atoms with Crippen LogP contribution in [-0.2, 0) is 18.6 Å². The third-order valence-corrected chi connectivity index (χ3v) is 4.97. The molecule has 3 rings (SSSR count). The number of benzene rings is 3. The van der Waals surface area contributed by atoms with Gasteiger partial charge in [0.2, 0.25) is 0 Å². The molecule has 0 spiro atoms. The van der Waals surface area contributed by atoms with Crippen LogP contribution in [0.15, 0.2) is 72.8 Å². The zero-order chi connectivity index (χ0) is 20.0. The highest BCUT2D eigenvalue weighted by Gasteiger charge is 2.28. The Labute approximate surface area is 165 Å². The second kappa shape index (κ2) is 8.89. The lowest BCUT2D eigenvalue weighted by Gasteiger charge is -2.28. The fourth-order valence-corrected chi connectivity index (χ4v) is 3.16. The van der Waals surface area contributed by atoms with Crippen molar-refractivity contribution in [3.05, 3.63) is 89.5 Å². The van der Waals surface area contributed by atoms with E-state index in [1.807, 2.05) is 54.6 Å². The average molecular weight is 378 g/mol. The van der Waals surface area contributed by atoms with E-state index in [0.29, 0.717) is 24.0 Å². The van der Waals surface area contributed by atoms with Crippen molar-refractivity contribution >= 4 is 11.4 Å². The van der Waals surface area contributed by atoms with Crippen molar-refractivity contribution in [3.63, 3.8) is 0 Å². The van der Waals surface area contributed by atoms with E-state index in [1.54, 1.807) is 12.1 Å². The molecule has 0 bridgehead atoms. The first kappa shape index (κ1) is 19.9. The second-order valence-electron chi connectivity index (χ2n) is 6.93. The number of hydrogen-bond acceptors (Lipinski definition) is 5. The lowest BCUT2D eigenvalue weighted by molar-refractivity contribution is 0.0368. The van der Waals surface area contributed by atoms with Gasteiger partial charge in [-0.05, 0) is 60.4 Å². The summed E-state index contributed by atoms with van der Waals surface area (Å²) in [4.78, 5) is 0. The summed E-state index contributed by atoms with van der Waals surface area (Å²) in [6.07, 6.45) is 1.08. The Morgan fingerprint density at radius 2 is 1.57 bits per heavy atom. The Morgan fingerprint density at radius 1 is 0.893 bits per heavy atom. The number of aliphatic hydroxyl groups is 2. The van der Waals surface area contributed by atoms with Gasteiger partial charge in [-0.3, -0.25) is 0 Å².